The molecule has 0 unspecified atom stereocenters. The van der Waals surface area contributed by atoms with Crippen molar-refractivity contribution in [2.24, 2.45) is 5.92 Å². The molecule has 0 atom stereocenters. The number of hydrogen-bond acceptors (Lipinski definition) is 1. The quantitative estimate of drug-likeness (QED) is 0.594. The van der Waals surface area contributed by atoms with Gasteiger partial charge in [-0.15, -0.1) is 0 Å². The monoisotopic (exact) mass is 204 g/mol. The van der Waals surface area contributed by atoms with Gasteiger partial charge in [-0.1, -0.05) is 25.5 Å². The van der Waals surface area contributed by atoms with Crippen LogP contribution in [0.15, 0.2) is 22.8 Å². The van der Waals surface area contributed by atoms with Gasteiger partial charge in [-0.25, -0.2) is 0 Å². The highest BCUT2D eigenvalue weighted by Gasteiger charge is 2.26. The van der Waals surface area contributed by atoms with Crippen molar-refractivity contribution in [3.8, 4) is 0 Å². The van der Waals surface area contributed by atoms with Crippen molar-refractivity contribution < 1.29 is 4.79 Å². The fourth-order valence-corrected chi connectivity index (χ4v) is 2.68. The molecule has 0 aromatic heterocycles. The smallest absolute Gasteiger partial charge is 0.184 e. The van der Waals surface area contributed by atoms with Crippen LogP contribution in [0, 0.1) is 5.92 Å². The van der Waals surface area contributed by atoms with E-state index in [9.17, 15) is 4.79 Å². The summed E-state index contributed by atoms with van der Waals surface area (Å²) in [6.07, 6.45) is 9.06. The predicted octanol–water partition coefficient (Wildman–Crippen LogP) is 3.80. The summed E-state index contributed by atoms with van der Waals surface area (Å²) in [6.45, 7) is 4.28. The van der Waals surface area contributed by atoms with Crippen LogP contribution in [0.4, 0.5) is 0 Å². The summed E-state index contributed by atoms with van der Waals surface area (Å²) in [7, 11) is 0. The number of allylic oxidation sites excluding steroid dienone is 4. The van der Waals surface area contributed by atoms with E-state index in [0.717, 1.165) is 18.4 Å². The van der Waals surface area contributed by atoms with Crippen LogP contribution in [0.5, 0.6) is 0 Å². The molecule has 0 N–H and O–H groups in total. The maximum Gasteiger partial charge on any atom is 0.184 e. The molecule has 2 aliphatic rings. The first-order valence-corrected chi connectivity index (χ1v) is 6.15. The van der Waals surface area contributed by atoms with E-state index in [1.165, 1.54) is 36.8 Å². The van der Waals surface area contributed by atoms with Gasteiger partial charge in [0.15, 0.2) is 5.78 Å². The van der Waals surface area contributed by atoms with Gasteiger partial charge in [-0.3, -0.25) is 4.79 Å². The van der Waals surface area contributed by atoms with E-state index < -0.39 is 0 Å². The standard InChI is InChI=1S/C14H20O/c1-10(2)9-12-7-8-13(14(12)15)11-5-3-4-6-11/h9-10H,3-8H2,1-2H3. The number of ketones is 1. The van der Waals surface area contributed by atoms with Crippen molar-refractivity contribution in [2.45, 2.75) is 52.4 Å². The molecule has 0 radical (unpaired) electrons. The van der Waals surface area contributed by atoms with Crippen molar-refractivity contribution in [2.75, 3.05) is 0 Å². The summed E-state index contributed by atoms with van der Waals surface area (Å²) >= 11 is 0. The van der Waals surface area contributed by atoms with E-state index in [1.54, 1.807) is 0 Å². The number of hydrogen-bond donors (Lipinski definition) is 0. The first-order chi connectivity index (χ1) is 7.18. The van der Waals surface area contributed by atoms with Crippen LogP contribution in [0.1, 0.15) is 52.4 Å². The molecule has 0 aromatic carbocycles. The summed E-state index contributed by atoms with van der Waals surface area (Å²) in [5, 5.41) is 0. The Morgan fingerprint density at radius 2 is 1.73 bits per heavy atom. The molecule has 0 aliphatic heterocycles. The molecule has 1 heteroatoms. The van der Waals surface area contributed by atoms with Crippen molar-refractivity contribution in [3.63, 3.8) is 0 Å². The molecule has 2 aliphatic carbocycles. The van der Waals surface area contributed by atoms with Crippen LogP contribution in [0.25, 0.3) is 0 Å². The largest absolute Gasteiger partial charge is 0.289 e. The second-order valence-electron chi connectivity index (χ2n) is 5.05. The lowest BCUT2D eigenvalue weighted by atomic mass is 10.0. The summed E-state index contributed by atoms with van der Waals surface area (Å²) in [6, 6.07) is 0. The van der Waals surface area contributed by atoms with Crippen LogP contribution in [0.2, 0.25) is 0 Å². The molecular formula is C14H20O. The normalized spacial score (nSPS) is 25.0. The van der Waals surface area contributed by atoms with Gasteiger partial charge < -0.3 is 0 Å². The molecule has 0 amide bonds. The Bertz CT molecular complexity index is 323. The van der Waals surface area contributed by atoms with Gasteiger partial charge in [-0.05, 0) is 55.6 Å². The Morgan fingerprint density at radius 3 is 2.33 bits per heavy atom. The molecule has 1 nitrogen and oxygen atoms in total. The minimum atomic E-state index is 0.362. The van der Waals surface area contributed by atoms with Gasteiger partial charge in [0, 0.05) is 0 Å². The van der Waals surface area contributed by atoms with Crippen molar-refractivity contribution in [3.05, 3.63) is 22.8 Å². The van der Waals surface area contributed by atoms with Crippen molar-refractivity contribution >= 4 is 5.78 Å². The lowest BCUT2D eigenvalue weighted by Gasteiger charge is -2.01. The number of rotatable bonds is 1. The fraction of sp³-hybridized carbons (Fsp3) is 0.643. The molecule has 0 aromatic rings. The van der Waals surface area contributed by atoms with Gasteiger partial charge in [-0.2, -0.15) is 0 Å². The number of carbonyl (C=O) groups excluding carboxylic acids is 1. The van der Waals surface area contributed by atoms with Gasteiger partial charge in [0.1, 0.15) is 0 Å². The SMILES string of the molecule is CC(C)C=C1CCC(=C2CCCC2)C1=O. The van der Waals surface area contributed by atoms with E-state index in [-0.39, 0.29) is 0 Å². The molecule has 0 spiro atoms. The molecule has 2 fully saturated rings. The third-order valence-electron chi connectivity index (χ3n) is 3.38. The molecule has 2 rings (SSSR count). The predicted molar refractivity (Wildman–Crippen MR) is 62.7 cm³/mol. The summed E-state index contributed by atoms with van der Waals surface area (Å²) in [5.41, 5.74) is 3.70. The average Bonchev–Trinajstić information content (AvgIpc) is 2.76. The van der Waals surface area contributed by atoms with Crippen LogP contribution >= 0.6 is 0 Å². The summed E-state index contributed by atoms with van der Waals surface area (Å²) in [5.74, 6) is 0.859. The zero-order chi connectivity index (χ0) is 10.8. The average molecular weight is 204 g/mol. The van der Waals surface area contributed by atoms with Crippen LogP contribution in [0.3, 0.4) is 0 Å². The fourth-order valence-electron chi connectivity index (χ4n) is 2.68. The topological polar surface area (TPSA) is 17.1 Å². The molecule has 15 heavy (non-hydrogen) atoms. The van der Waals surface area contributed by atoms with E-state index in [4.69, 9.17) is 0 Å². The molecule has 0 heterocycles. The van der Waals surface area contributed by atoms with E-state index >= 15 is 0 Å². The van der Waals surface area contributed by atoms with Gasteiger partial charge in [0.25, 0.3) is 0 Å². The number of carbonyl (C=O) groups is 1. The zero-order valence-electron chi connectivity index (χ0n) is 9.81. The lowest BCUT2D eigenvalue weighted by Crippen LogP contribution is -1.99. The van der Waals surface area contributed by atoms with E-state index in [0.29, 0.717) is 11.7 Å². The Labute approximate surface area is 92.3 Å². The maximum atomic E-state index is 12.1. The second-order valence-corrected chi connectivity index (χ2v) is 5.05. The van der Waals surface area contributed by atoms with Crippen LogP contribution in [-0.2, 0) is 4.79 Å². The molecule has 0 bridgehead atoms. The summed E-state index contributed by atoms with van der Waals surface area (Å²) < 4.78 is 0. The van der Waals surface area contributed by atoms with Crippen LogP contribution in [-0.4, -0.2) is 5.78 Å². The Kier molecular flexibility index (Phi) is 3.08. The summed E-state index contributed by atoms with van der Waals surface area (Å²) in [4.78, 5) is 12.1. The molecule has 2 saturated carbocycles. The van der Waals surface area contributed by atoms with Gasteiger partial charge >= 0.3 is 0 Å². The minimum Gasteiger partial charge on any atom is -0.289 e. The van der Waals surface area contributed by atoms with Crippen molar-refractivity contribution in [1.29, 1.82) is 0 Å². The highest BCUT2D eigenvalue weighted by atomic mass is 16.1. The molecule has 82 valence electrons. The van der Waals surface area contributed by atoms with Gasteiger partial charge in [0.05, 0.1) is 0 Å². The maximum absolute atomic E-state index is 12.1. The number of Topliss-reactive ketones (excluding diaryl/α,β-unsaturated/α-hetero) is 1. The van der Waals surface area contributed by atoms with Crippen molar-refractivity contribution in [1.82, 2.24) is 0 Å². The van der Waals surface area contributed by atoms with Crippen LogP contribution < -0.4 is 0 Å². The Morgan fingerprint density at radius 1 is 1.07 bits per heavy atom. The molecular weight excluding hydrogens is 184 g/mol. The van der Waals surface area contributed by atoms with E-state index in [2.05, 4.69) is 19.9 Å². The minimum absolute atomic E-state index is 0.362. The second kappa shape index (κ2) is 4.34. The lowest BCUT2D eigenvalue weighted by molar-refractivity contribution is -0.111. The van der Waals surface area contributed by atoms with Gasteiger partial charge in [0.2, 0.25) is 0 Å². The highest BCUT2D eigenvalue weighted by Crippen LogP contribution is 2.35. The third kappa shape index (κ3) is 2.22. The molecule has 0 saturated heterocycles. The Balaban J connectivity index is 2.20. The van der Waals surface area contributed by atoms with E-state index in [1.807, 2.05) is 0 Å². The third-order valence-corrected chi connectivity index (χ3v) is 3.38. The Hall–Kier alpha value is -0.850. The highest BCUT2D eigenvalue weighted by molar-refractivity contribution is 6.11. The first-order valence-electron chi connectivity index (χ1n) is 6.15. The first kappa shape index (κ1) is 10.7. The zero-order valence-corrected chi connectivity index (χ0v) is 9.81.